The van der Waals surface area contributed by atoms with E-state index in [-0.39, 0.29) is 5.69 Å². The van der Waals surface area contributed by atoms with E-state index in [1.807, 2.05) is 0 Å². The fourth-order valence-electron chi connectivity index (χ4n) is 2.19. The van der Waals surface area contributed by atoms with Gasteiger partial charge in [-0.05, 0) is 38.4 Å². The first kappa shape index (κ1) is 13.3. The van der Waals surface area contributed by atoms with Gasteiger partial charge in [-0.25, -0.2) is 9.78 Å². The largest absolute Gasteiger partial charge is 0.476 e. The SMILES string of the molecule is CCN1CCC(CNc2nc(C(=O)O)cs2)CC1. The molecule has 0 saturated carbocycles. The second kappa shape index (κ2) is 6.15. The van der Waals surface area contributed by atoms with E-state index in [2.05, 4.69) is 22.1 Å². The Hall–Kier alpha value is -1.14. The highest BCUT2D eigenvalue weighted by Gasteiger charge is 2.18. The van der Waals surface area contributed by atoms with Gasteiger partial charge in [0.1, 0.15) is 0 Å². The van der Waals surface area contributed by atoms with Gasteiger partial charge >= 0.3 is 5.97 Å². The molecule has 0 amide bonds. The first-order valence-corrected chi connectivity index (χ1v) is 7.22. The Balaban J connectivity index is 1.76. The molecule has 0 atom stereocenters. The molecule has 2 heterocycles. The monoisotopic (exact) mass is 269 g/mol. The van der Waals surface area contributed by atoms with Crippen molar-refractivity contribution in [2.75, 3.05) is 31.5 Å². The normalized spacial score (nSPS) is 17.8. The van der Waals surface area contributed by atoms with Crippen LogP contribution in [-0.2, 0) is 0 Å². The summed E-state index contributed by atoms with van der Waals surface area (Å²) < 4.78 is 0. The van der Waals surface area contributed by atoms with Gasteiger partial charge < -0.3 is 15.3 Å². The second-order valence-corrected chi connectivity index (χ2v) is 5.46. The number of likely N-dealkylation sites (tertiary alicyclic amines) is 1. The summed E-state index contributed by atoms with van der Waals surface area (Å²) >= 11 is 1.36. The number of carboxylic acids is 1. The van der Waals surface area contributed by atoms with Gasteiger partial charge in [0.05, 0.1) is 0 Å². The zero-order valence-electron chi connectivity index (χ0n) is 10.6. The lowest BCUT2D eigenvalue weighted by molar-refractivity contribution is 0.0691. The van der Waals surface area contributed by atoms with Crippen LogP contribution in [0.3, 0.4) is 0 Å². The summed E-state index contributed by atoms with van der Waals surface area (Å²) in [6, 6.07) is 0. The molecular weight excluding hydrogens is 250 g/mol. The Kier molecular flexibility index (Phi) is 4.54. The molecule has 1 fully saturated rings. The molecule has 0 aliphatic carbocycles. The predicted octanol–water partition coefficient (Wildman–Crippen LogP) is 1.99. The molecule has 2 N–H and O–H groups in total. The van der Waals surface area contributed by atoms with E-state index in [9.17, 15) is 4.79 Å². The zero-order valence-corrected chi connectivity index (χ0v) is 11.4. The van der Waals surface area contributed by atoms with Crippen molar-refractivity contribution in [3.05, 3.63) is 11.1 Å². The van der Waals surface area contributed by atoms with Gasteiger partial charge in [-0.3, -0.25) is 0 Å². The Labute approximate surface area is 111 Å². The maximum Gasteiger partial charge on any atom is 0.355 e. The minimum Gasteiger partial charge on any atom is -0.476 e. The van der Waals surface area contributed by atoms with Gasteiger partial charge in [-0.15, -0.1) is 11.3 Å². The molecule has 0 bridgehead atoms. The summed E-state index contributed by atoms with van der Waals surface area (Å²) in [6.07, 6.45) is 2.41. The Bertz CT molecular complexity index is 400. The lowest BCUT2D eigenvalue weighted by Gasteiger charge is -2.30. The third-order valence-electron chi connectivity index (χ3n) is 3.42. The molecule has 18 heavy (non-hydrogen) atoms. The fraction of sp³-hybridized carbons (Fsp3) is 0.667. The first-order valence-electron chi connectivity index (χ1n) is 6.34. The van der Waals surface area contributed by atoms with Gasteiger partial charge in [0.25, 0.3) is 0 Å². The Morgan fingerprint density at radius 1 is 1.61 bits per heavy atom. The number of thiazole rings is 1. The van der Waals surface area contributed by atoms with E-state index in [0.29, 0.717) is 11.0 Å². The maximum atomic E-state index is 10.7. The quantitative estimate of drug-likeness (QED) is 0.855. The number of aromatic carboxylic acids is 1. The average Bonchev–Trinajstić information content (AvgIpc) is 2.86. The van der Waals surface area contributed by atoms with Crippen molar-refractivity contribution in [1.29, 1.82) is 0 Å². The summed E-state index contributed by atoms with van der Waals surface area (Å²) in [5.41, 5.74) is 0.128. The van der Waals surface area contributed by atoms with E-state index in [0.717, 1.165) is 13.1 Å². The highest BCUT2D eigenvalue weighted by Crippen LogP contribution is 2.20. The van der Waals surface area contributed by atoms with E-state index in [1.54, 1.807) is 5.38 Å². The van der Waals surface area contributed by atoms with Crippen LogP contribution in [0.15, 0.2) is 5.38 Å². The number of nitrogens with zero attached hydrogens (tertiary/aromatic N) is 2. The summed E-state index contributed by atoms with van der Waals surface area (Å²) in [7, 11) is 0. The molecule has 0 radical (unpaired) electrons. The standard InChI is InChI=1S/C12H19N3O2S/c1-2-15-5-3-9(4-6-15)7-13-12-14-10(8-18-12)11(16)17/h8-9H,2-7H2,1H3,(H,13,14)(H,16,17). The number of piperidine rings is 1. The van der Waals surface area contributed by atoms with Crippen molar-refractivity contribution in [3.63, 3.8) is 0 Å². The maximum absolute atomic E-state index is 10.7. The molecule has 1 aliphatic rings. The van der Waals surface area contributed by atoms with Crippen LogP contribution in [0.2, 0.25) is 0 Å². The molecule has 100 valence electrons. The van der Waals surface area contributed by atoms with E-state index in [4.69, 9.17) is 5.11 Å². The van der Waals surface area contributed by atoms with Crippen LogP contribution in [0.25, 0.3) is 0 Å². The Morgan fingerprint density at radius 3 is 2.89 bits per heavy atom. The van der Waals surface area contributed by atoms with Crippen molar-refractivity contribution in [1.82, 2.24) is 9.88 Å². The molecule has 0 spiro atoms. The van der Waals surface area contributed by atoms with Gasteiger partial charge in [0.2, 0.25) is 0 Å². The van der Waals surface area contributed by atoms with Crippen LogP contribution < -0.4 is 5.32 Å². The molecule has 1 aromatic rings. The van der Waals surface area contributed by atoms with Crippen molar-refractivity contribution >= 4 is 22.4 Å². The number of rotatable bonds is 5. The number of carboxylic acid groups (broad SMARTS) is 1. The lowest BCUT2D eigenvalue weighted by atomic mass is 9.97. The van der Waals surface area contributed by atoms with Crippen molar-refractivity contribution < 1.29 is 9.90 Å². The highest BCUT2D eigenvalue weighted by atomic mass is 32.1. The Morgan fingerprint density at radius 2 is 2.33 bits per heavy atom. The lowest BCUT2D eigenvalue weighted by Crippen LogP contribution is -2.35. The second-order valence-electron chi connectivity index (χ2n) is 4.60. The van der Waals surface area contributed by atoms with Gasteiger partial charge in [0.15, 0.2) is 10.8 Å². The fourth-order valence-corrected chi connectivity index (χ4v) is 2.89. The van der Waals surface area contributed by atoms with Gasteiger partial charge in [-0.1, -0.05) is 6.92 Å². The van der Waals surface area contributed by atoms with Crippen LogP contribution in [0.1, 0.15) is 30.3 Å². The van der Waals surface area contributed by atoms with Crippen LogP contribution >= 0.6 is 11.3 Å². The van der Waals surface area contributed by atoms with Gasteiger partial charge in [0, 0.05) is 11.9 Å². The third-order valence-corrected chi connectivity index (χ3v) is 4.22. The van der Waals surface area contributed by atoms with Crippen molar-refractivity contribution in [2.45, 2.75) is 19.8 Å². The smallest absolute Gasteiger partial charge is 0.355 e. The molecule has 1 aromatic heterocycles. The molecule has 1 aliphatic heterocycles. The van der Waals surface area contributed by atoms with Gasteiger partial charge in [-0.2, -0.15) is 0 Å². The summed E-state index contributed by atoms with van der Waals surface area (Å²) in [4.78, 5) is 17.2. The molecular formula is C12H19N3O2S. The number of nitrogens with one attached hydrogen (secondary N) is 1. The highest BCUT2D eigenvalue weighted by molar-refractivity contribution is 7.13. The molecule has 5 nitrogen and oxygen atoms in total. The number of carbonyl (C=O) groups is 1. The summed E-state index contributed by atoms with van der Waals surface area (Å²) in [6.45, 7) is 6.56. The van der Waals surface area contributed by atoms with Crippen LogP contribution in [0.5, 0.6) is 0 Å². The number of hydrogen-bond donors (Lipinski definition) is 2. The number of aromatic nitrogens is 1. The molecule has 6 heteroatoms. The van der Waals surface area contributed by atoms with Crippen molar-refractivity contribution in [2.24, 2.45) is 5.92 Å². The minimum absolute atomic E-state index is 0.128. The third kappa shape index (κ3) is 3.43. The zero-order chi connectivity index (χ0) is 13.0. The summed E-state index contributed by atoms with van der Waals surface area (Å²) in [5.74, 6) is -0.291. The molecule has 1 saturated heterocycles. The van der Waals surface area contributed by atoms with E-state index < -0.39 is 5.97 Å². The van der Waals surface area contributed by atoms with E-state index in [1.165, 1.54) is 37.3 Å². The number of anilines is 1. The topological polar surface area (TPSA) is 65.5 Å². The molecule has 2 rings (SSSR count). The van der Waals surface area contributed by atoms with Crippen molar-refractivity contribution in [3.8, 4) is 0 Å². The molecule has 0 unspecified atom stereocenters. The van der Waals surface area contributed by atoms with Crippen LogP contribution in [-0.4, -0.2) is 47.1 Å². The van der Waals surface area contributed by atoms with Crippen LogP contribution in [0, 0.1) is 5.92 Å². The van der Waals surface area contributed by atoms with E-state index >= 15 is 0 Å². The predicted molar refractivity (Wildman–Crippen MR) is 72.4 cm³/mol. The molecule has 0 aromatic carbocycles. The first-order chi connectivity index (χ1) is 8.69. The van der Waals surface area contributed by atoms with Crippen LogP contribution in [0.4, 0.5) is 5.13 Å². The average molecular weight is 269 g/mol. The minimum atomic E-state index is -0.962. The summed E-state index contributed by atoms with van der Waals surface area (Å²) in [5, 5.41) is 14.3. The number of hydrogen-bond acceptors (Lipinski definition) is 5.